The first-order valence-corrected chi connectivity index (χ1v) is 6.88. The van der Waals surface area contributed by atoms with Crippen molar-refractivity contribution in [3.05, 3.63) is 0 Å². The highest BCUT2D eigenvalue weighted by atomic mass is 35.7. The van der Waals surface area contributed by atoms with E-state index >= 15 is 0 Å². The second-order valence-electron chi connectivity index (χ2n) is 4.03. The van der Waals surface area contributed by atoms with Gasteiger partial charge in [0.25, 0.3) is 0 Å². The van der Waals surface area contributed by atoms with Crippen LogP contribution in [0, 0.1) is 11.8 Å². The normalized spacial score (nSPS) is 41.6. The summed E-state index contributed by atoms with van der Waals surface area (Å²) >= 11 is 0. The Hall–Kier alpha value is 0.240. The highest BCUT2D eigenvalue weighted by Crippen LogP contribution is 2.44. The second kappa shape index (κ2) is 2.88. The quantitative estimate of drug-likeness (QED) is 0.619. The van der Waals surface area contributed by atoms with E-state index in [2.05, 4.69) is 0 Å². The zero-order valence-corrected chi connectivity index (χ0v) is 8.44. The number of rotatable bonds is 1. The fraction of sp³-hybridized carbons (Fsp3) is 1.00. The lowest BCUT2D eigenvalue weighted by Gasteiger charge is -2.40. The van der Waals surface area contributed by atoms with Gasteiger partial charge < -0.3 is 0 Å². The molecule has 0 saturated heterocycles. The molecule has 2 bridgehead atoms. The van der Waals surface area contributed by atoms with Crippen molar-refractivity contribution < 1.29 is 8.42 Å². The Bertz CT molecular complexity index is 265. The van der Waals surface area contributed by atoms with Gasteiger partial charge in [-0.1, -0.05) is 12.8 Å². The summed E-state index contributed by atoms with van der Waals surface area (Å²) < 4.78 is 22.3. The first-order chi connectivity index (χ1) is 5.57. The van der Waals surface area contributed by atoms with E-state index in [9.17, 15) is 8.42 Å². The van der Waals surface area contributed by atoms with Gasteiger partial charge in [-0.3, -0.25) is 0 Å². The molecule has 3 saturated carbocycles. The highest BCUT2D eigenvalue weighted by Gasteiger charge is 2.41. The van der Waals surface area contributed by atoms with Crippen molar-refractivity contribution in [1.29, 1.82) is 0 Å². The summed E-state index contributed by atoms with van der Waals surface area (Å²) in [5.74, 6) is 0.992. The fourth-order valence-corrected chi connectivity index (χ4v) is 4.55. The maximum Gasteiger partial charge on any atom is 0.235 e. The molecule has 70 valence electrons. The summed E-state index contributed by atoms with van der Waals surface area (Å²) in [6, 6.07) is 0. The zero-order valence-electron chi connectivity index (χ0n) is 6.87. The van der Waals surface area contributed by atoms with Crippen LogP contribution in [-0.4, -0.2) is 13.7 Å². The molecule has 2 nitrogen and oxygen atoms in total. The lowest BCUT2D eigenvalue weighted by atomic mass is 9.70. The Morgan fingerprint density at radius 3 is 1.92 bits per heavy atom. The van der Waals surface area contributed by atoms with Gasteiger partial charge >= 0.3 is 0 Å². The summed E-state index contributed by atoms with van der Waals surface area (Å²) in [6.45, 7) is 0. The van der Waals surface area contributed by atoms with Crippen molar-refractivity contribution in [3.63, 3.8) is 0 Å². The molecular weight excluding hydrogens is 196 g/mol. The summed E-state index contributed by atoms with van der Waals surface area (Å²) in [5.41, 5.74) is 0. The molecule has 0 amide bonds. The lowest BCUT2D eigenvalue weighted by molar-refractivity contribution is 0.180. The molecule has 1 unspecified atom stereocenters. The molecule has 0 N–H and O–H groups in total. The average molecular weight is 209 g/mol. The first kappa shape index (κ1) is 8.82. The van der Waals surface area contributed by atoms with Gasteiger partial charge in [-0.15, -0.1) is 0 Å². The smallest absolute Gasteiger partial charge is 0.212 e. The van der Waals surface area contributed by atoms with Gasteiger partial charge in [-0.25, -0.2) is 8.42 Å². The predicted molar refractivity (Wildman–Crippen MR) is 48.6 cm³/mol. The Balaban J connectivity index is 2.20. The van der Waals surface area contributed by atoms with Crippen molar-refractivity contribution in [2.24, 2.45) is 11.8 Å². The molecule has 0 spiro atoms. The van der Waals surface area contributed by atoms with Crippen LogP contribution in [0.3, 0.4) is 0 Å². The average Bonchev–Trinajstić information content (AvgIpc) is 2.05. The van der Waals surface area contributed by atoms with E-state index in [1.807, 2.05) is 0 Å². The molecule has 0 aliphatic heterocycles. The van der Waals surface area contributed by atoms with Gasteiger partial charge in [0.2, 0.25) is 9.05 Å². The molecule has 12 heavy (non-hydrogen) atoms. The van der Waals surface area contributed by atoms with Crippen LogP contribution < -0.4 is 0 Å². The van der Waals surface area contributed by atoms with Gasteiger partial charge in [0.05, 0.1) is 5.25 Å². The summed E-state index contributed by atoms with van der Waals surface area (Å²) in [7, 11) is 2.09. The van der Waals surface area contributed by atoms with Gasteiger partial charge in [-0.2, -0.15) is 0 Å². The minimum Gasteiger partial charge on any atom is -0.212 e. The topological polar surface area (TPSA) is 34.1 Å². The third-order valence-corrected chi connectivity index (χ3v) is 5.33. The van der Waals surface area contributed by atoms with Crippen molar-refractivity contribution in [2.75, 3.05) is 0 Å². The number of fused-ring (bicyclic) bond motifs is 3. The van der Waals surface area contributed by atoms with Crippen LogP contribution >= 0.6 is 10.7 Å². The van der Waals surface area contributed by atoms with Crippen LogP contribution in [0.25, 0.3) is 0 Å². The predicted octanol–water partition coefficient (Wildman–Crippen LogP) is 2.13. The number of hydrogen-bond donors (Lipinski definition) is 0. The molecule has 3 fully saturated rings. The van der Waals surface area contributed by atoms with Crippen LogP contribution in [0.15, 0.2) is 0 Å². The van der Waals surface area contributed by atoms with E-state index in [-0.39, 0.29) is 5.25 Å². The Labute approximate surface area is 77.7 Å². The van der Waals surface area contributed by atoms with Crippen molar-refractivity contribution in [3.8, 4) is 0 Å². The maximum absolute atomic E-state index is 11.1. The summed E-state index contributed by atoms with van der Waals surface area (Å²) in [5, 5.41) is -0.230. The Morgan fingerprint density at radius 2 is 1.67 bits per heavy atom. The molecular formula is C8H13ClO2S. The van der Waals surface area contributed by atoms with Gasteiger partial charge in [0.15, 0.2) is 0 Å². The Morgan fingerprint density at radius 1 is 1.08 bits per heavy atom. The molecule has 0 radical (unpaired) electrons. The monoisotopic (exact) mass is 208 g/mol. The molecule has 0 heterocycles. The van der Waals surface area contributed by atoms with E-state index in [0.29, 0.717) is 11.8 Å². The van der Waals surface area contributed by atoms with Crippen molar-refractivity contribution in [1.82, 2.24) is 0 Å². The molecule has 4 heteroatoms. The molecule has 0 aromatic carbocycles. The second-order valence-corrected chi connectivity index (χ2v) is 6.88. The molecule has 1 atom stereocenters. The highest BCUT2D eigenvalue weighted by molar-refractivity contribution is 8.14. The van der Waals surface area contributed by atoms with E-state index in [0.717, 1.165) is 19.3 Å². The summed E-state index contributed by atoms with van der Waals surface area (Å²) in [4.78, 5) is 0. The molecule has 0 aromatic rings. The van der Waals surface area contributed by atoms with E-state index in [1.54, 1.807) is 0 Å². The standard InChI is InChI=1S/C8H13ClO2S/c9-12(10,11)8-5-6-1-3-7(8)4-2-6/h6-8H,1-5H2. The third kappa shape index (κ3) is 1.49. The first-order valence-electron chi connectivity index (χ1n) is 4.51. The molecule has 3 aliphatic carbocycles. The molecule has 3 rings (SSSR count). The van der Waals surface area contributed by atoms with Crippen LogP contribution in [0.1, 0.15) is 32.1 Å². The fourth-order valence-electron chi connectivity index (χ4n) is 2.66. The molecule has 3 aliphatic rings. The van der Waals surface area contributed by atoms with Crippen LogP contribution in [-0.2, 0) is 9.05 Å². The van der Waals surface area contributed by atoms with Crippen molar-refractivity contribution >= 4 is 19.7 Å². The maximum atomic E-state index is 11.1. The van der Waals surface area contributed by atoms with Gasteiger partial charge in [0.1, 0.15) is 0 Å². The number of hydrogen-bond acceptors (Lipinski definition) is 2. The van der Waals surface area contributed by atoms with E-state index in [1.165, 1.54) is 12.8 Å². The minimum atomic E-state index is -3.28. The SMILES string of the molecule is O=S(=O)(Cl)C1CC2CCC1CC2. The third-order valence-electron chi connectivity index (χ3n) is 3.34. The van der Waals surface area contributed by atoms with Crippen LogP contribution in [0.4, 0.5) is 0 Å². The largest absolute Gasteiger partial charge is 0.235 e. The zero-order chi connectivity index (χ0) is 8.77. The van der Waals surface area contributed by atoms with Crippen LogP contribution in [0.2, 0.25) is 0 Å². The lowest BCUT2D eigenvalue weighted by Crippen LogP contribution is -2.38. The van der Waals surface area contributed by atoms with E-state index in [4.69, 9.17) is 10.7 Å². The van der Waals surface area contributed by atoms with Gasteiger partial charge in [-0.05, 0) is 31.1 Å². The van der Waals surface area contributed by atoms with Gasteiger partial charge in [0, 0.05) is 10.7 Å². The van der Waals surface area contributed by atoms with Crippen LogP contribution in [0.5, 0.6) is 0 Å². The summed E-state index contributed by atoms with van der Waals surface area (Å²) in [6.07, 6.45) is 5.39. The van der Waals surface area contributed by atoms with E-state index < -0.39 is 9.05 Å². The minimum absolute atomic E-state index is 0.230. The van der Waals surface area contributed by atoms with Crippen molar-refractivity contribution in [2.45, 2.75) is 37.4 Å². The number of halogens is 1. The Kier molecular flexibility index (Phi) is 2.11. The molecule has 0 aromatic heterocycles.